The minimum atomic E-state index is -2.36. The van der Waals surface area contributed by atoms with E-state index in [-0.39, 0.29) is 11.6 Å². The zero-order chi connectivity index (χ0) is 14.7. The largest absolute Gasteiger partial charge is 0.760 e. The molecule has 0 spiro atoms. The maximum Gasteiger partial charge on any atom is 0.194 e. The highest BCUT2D eigenvalue weighted by Gasteiger charge is 2.28. The fraction of sp³-hybridized carbons (Fsp3) is 0. The van der Waals surface area contributed by atoms with Gasteiger partial charge in [-0.05, 0) is 0 Å². The highest BCUT2D eigenvalue weighted by molar-refractivity contribution is 7.76. The lowest BCUT2D eigenvalue weighted by Crippen LogP contribution is -2.20. The van der Waals surface area contributed by atoms with E-state index >= 15 is 0 Å². The number of carbonyl (C=O) groups excluding carboxylic acids is 2. The van der Waals surface area contributed by atoms with Crippen LogP contribution >= 0.6 is 0 Å². The monoisotopic (exact) mass is 288 g/mol. The van der Waals surface area contributed by atoms with Gasteiger partial charge >= 0.3 is 0 Å². The van der Waals surface area contributed by atoms with Crippen LogP contribution in [-0.2, 0) is 11.3 Å². The van der Waals surface area contributed by atoms with E-state index in [0.717, 1.165) is 0 Å². The summed E-state index contributed by atoms with van der Waals surface area (Å²) >= 11 is -2.36. The summed E-state index contributed by atoms with van der Waals surface area (Å²) in [6.07, 6.45) is 0. The summed E-state index contributed by atoms with van der Waals surface area (Å²) in [5.74, 6) is -0.128. The van der Waals surface area contributed by atoms with Crippen molar-refractivity contribution >= 4 is 22.8 Å². The van der Waals surface area contributed by atoms with Crippen LogP contribution in [0.1, 0.15) is 31.8 Å². The Morgan fingerprint density at radius 1 is 0.750 bits per heavy atom. The van der Waals surface area contributed by atoms with Crippen LogP contribution in [0.3, 0.4) is 0 Å². The van der Waals surface area contributed by atoms with Crippen LogP contribution in [0, 0.1) is 0 Å². The first-order chi connectivity index (χ1) is 9.52. The van der Waals surface area contributed by atoms with Gasteiger partial charge in [-0.1, -0.05) is 48.5 Å². The average Bonchev–Trinajstić information content (AvgIpc) is 2.44. The highest BCUT2D eigenvalue weighted by atomic mass is 32.2. The third-order valence-electron chi connectivity index (χ3n) is 2.83. The van der Waals surface area contributed by atoms with Crippen molar-refractivity contribution in [2.75, 3.05) is 0 Å². The number of benzene rings is 2. The summed E-state index contributed by atoms with van der Waals surface area (Å²) in [6, 6.07) is 13.9. The van der Waals surface area contributed by atoms with Crippen molar-refractivity contribution in [1.82, 2.24) is 0 Å². The van der Waals surface area contributed by atoms with E-state index in [0.29, 0.717) is 22.3 Å². The molecule has 0 saturated carbocycles. The van der Waals surface area contributed by atoms with E-state index in [1.165, 1.54) is 0 Å². The smallest absolute Gasteiger partial charge is 0.194 e. The summed E-state index contributed by atoms with van der Waals surface area (Å²) in [7, 11) is 0. The van der Waals surface area contributed by atoms with Gasteiger partial charge in [0.25, 0.3) is 0 Å². The van der Waals surface area contributed by atoms with E-state index in [1.807, 2.05) is 0 Å². The van der Waals surface area contributed by atoms with E-state index in [4.69, 9.17) is 8.76 Å². The Hall–Kier alpha value is -2.15. The predicted octanol–water partition coefficient (Wildman–Crippen LogP) is 1.20. The molecule has 0 saturated heterocycles. The predicted molar refractivity (Wildman–Crippen MR) is 72.9 cm³/mol. The van der Waals surface area contributed by atoms with Crippen molar-refractivity contribution in [1.29, 1.82) is 0 Å². The summed E-state index contributed by atoms with van der Waals surface area (Å²) in [4.78, 5) is 24.2. The fourth-order valence-corrected chi connectivity index (χ4v) is 2.05. The molecule has 3 rings (SSSR count). The minimum absolute atomic E-state index is 0.0641. The number of nitrogens with two attached hydrogens (primary N) is 1. The number of rotatable bonds is 0. The molecule has 1 atom stereocenters. The average molecular weight is 288 g/mol. The third-order valence-corrected chi connectivity index (χ3v) is 2.83. The lowest BCUT2D eigenvalue weighted by Gasteiger charge is -2.16. The van der Waals surface area contributed by atoms with Gasteiger partial charge in [0.1, 0.15) is 0 Å². The second-order valence-electron chi connectivity index (χ2n) is 4.01. The van der Waals surface area contributed by atoms with Gasteiger partial charge < -0.3 is 4.55 Å². The number of fused-ring (bicyclic) bond motifs is 2. The fourth-order valence-electron chi connectivity index (χ4n) is 2.05. The Morgan fingerprint density at radius 3 is 1.15 bits per heavy atom. The first-order valence-electron chi connectivity index (χ1n) is 5.63. The van der Waals surface area contributed by atoms with Crippen LogP contribution in [0.4, 0.5) is 0 Å². The van der Waals surface area contributed by atoms with Crippen LogP contribution < -0.4 is 5.14 Å². The maximum atomic E-state index is 12.1. The lowest BCUT2D eigenvalue weighted by atomic mass is 9.84. The molecular formula is C14H10NO4S-. The van der Waals surface area contributed by atoms with Crippen LogP contribution in [0.2, 0.25) is 0 Å². The number of carbonyl (C=O) groups is 2. The maximum absolute atomic E-state index is 12.1. The molecule has 0 aromatic heterocycles. The van der Waals surface area contributed by atoms with Gasteiger partial charge in [-0.2, -0.15) is 0 Å². The van der Waals surface area contributed by atoms with E-state index < -0.39 is 11.3 Å². The molecular weight excluding hydrogens is 278 g/mol. The molecule has 0 radical (unpaired) electrons. The lowest BCUT2D eigenvalue weighted by molar-refractivity contribution is 0.0979. The molecule has 1 aliphatic rings. The first kappa shape index (κ1) is 14.3. The molecule has 0 aliphatic heterocycles. The van der Waals surface area contributed by atoms with Gasteiger partial charge in [-0.25, -0.2) is 0 Å². The molecule has 5 nitrogen and oxygen atoms in total. The molecule has 2 aromatic carbocycles. The van der Waals surface area contributed by atoms with Crippen LogP contribution in [0.25, 0.3) is 0 Å². The Kier molecular flexibility index (Phi) is 4.19. The molecule has 0 amide bonds. The second kappa shape index (κ2) is 5.87. The standard InChI is InChI=1S/C14H8O2.H3NO2S/c15-13-9-5-1-2-6-10(9)14(16)12-8-4-3-7-11(12)13;1-4(2)3/h1-8H;1H2,(H,2,3)/p-1. The molecule has 2 N–H and O–H groups in total. The van der Waals surface area contributed by atoms with Crippen molar-refractivity contribution in [2.45, 2.75) is 0 Å². The third kappa shape index (κ3) is 2.72. The molecule has 1 aliphatic carbocycles. The van der Waals surface area contributed by atoms with E-state index in [9.17, 15) is 9.59 Å². The van der Waals surface area contributed by atoms with Gasteiger partial charge in [-0.15, -0.1) is 0 Å². The molecule has 6 heteroatoms. The summed E-state index contributed by atoms with van der Waals surface area (Å²) < 4.78 is 17.6. The molecule has 102 valence electrons. The Balaban J connectivity index is 0.000000328. The number of hydrogen-bond donors (Lipinski definition) is 1. The van der Waals surface area contributed by atoms with Gasteiger partial charge in [0, 0.05) is 33.5 Å². The van der Waals surface area contributed by atoms with Crippen LogP contribution in [-0.4, -0.2) is 20.3 Å². The normalized spacial score (nSPS) is 13.7. The van der Waals surface area contributed by atoms with Crippen molar-refractivity contribution in [3.63, 3.8) is 0 Å². The molecule has 0 heterocycles. The SMILES string of the molecule is NS(=O)[O-].O=C1c2ccccc2C(=O)c2ccccc21. The summed E-state index contributed by atoms with van der Waals surface area (Å²) in [5, 5.41) is 4.03. The zero-order valence-electron chi connectivity index (χ0n) is 10.2. The van der Waals surface area contributed by atoms with Crippen molar-refractivity contribution < 1.29 is 18.4 Å². The van der Waals surface area contributed by atoms with Crippen molar-refractivity contribution in [3.8, 4) is 0 Å². The summed E-state index contributed by atoms with van der Waals surface area (Å²) in [5.41, 5.74) is 2.02. The molecule has 20 heavy (non-hydrogen) atoms. The van der Waals surface area contributed by atoms with Crippen LogP contribution in [0.15, 0.2) is 48.5 Å². The quantitative estimate of drug-likeness (QED) is 0.628. The van der Waals surface area contributed by atoms with Gasteiger partial charge in [0.15, 0.2) is 11.6 Å². The highest BCUT2D eigenvalue weighted by Crippen LogP contribution is 2.26. The summed E-state index contributed by atoms with van der Waals surface area (Å²) in [6.45, 7) is 0. The van der Waals surface area contributed by atoms with Gasteiger partial charge in [-0.3, -0.25) is 18.9 Å². The van der Waals surface area contributed by atoms with Crippen molar-refractivity contribution in [2.24, 2.45) is 5.14 Å². The zero-order valence-corrected chi connectivity index (χ0v) is 11.1. The molecule has 0 bridgehead atoms. The number of ketones is 2. The topological polar surface area (TPSA) is 100 Å². The molecule has 1 unspecified atom stereocenters. The van der Waals surface area contributed by atoms with E-state index in [1.54, 1.807) is 48.5 Å². The van der Waals surface area contributed by atoms with Crippen molar-refractivity contribution in [3.05, 3.63) is 70.8 Å². The van der Waals surface area contributed by atoms with Gasteiger partial charge in [0.2, 0.25) is 0 Å². The Bertz CT molecular complexity index is 602. The second-order valence-corrected chi connectivity index (χ2v) is 4.53. The Morgan fingerprint density at radius 2 is 0.950 bits per heavy atom. The number of hydrogen-bond acceptors (Lipinski definition) is 4. The van der Waals surface area contributed by atoms with Gasteiger partial charge in [0.05, 0.1) is 0 Å². The molecule has 0 fully saturated rings. The minimum Gasteiger partial charge on any atom is -0.760 e. The first-order valence-corrected chi connectivity index (χ1v) is 6.77. The Labute approximate surface area is 117 Å². The van der Waals surface area contributed by atoms with E-state index in [2.05, 4.69) is 5.14 Å². The van der Waals surface area contributed by atoms with Crippen LogP contribution in [0.5, 0.6) is 0 Å². The molecule has 2 aromatic rings.